The number of amides is 2. The number of hydrogen-bond acceptors (Lipinski definition) is 10. The average Bonchev–Trinajstić information content (AvgIpc) is 3.60. The Morgan fingerprint density at radius 3 is 1.82 bits per heavy atom. The maximum atomic E-state index is 12.4. The minimum absolute atomic E-state index is 0.0111. The van der Waals surface area contributed by atoms with Crippen molar-refractivity contribution in [3.8, 4) is 0 Å². The fraction of sp³-hybridized carbons (Fsp3) is 0.500. The van der Waals surface area contributed by atoms with E-state index in [1.54, 1.807) is 12.1 Å². The molecule has 4 rings (SSSR count). The summed E-state index contributed by atoms with van der Waals surface area (Å²) < 4.78 is 25.6. The van der Waals surface area contributed by atoms with Crippen molar-refractivity contribution in [2.24, 2.45) is 0 Å². The Balaban J connectivity index is 0.000000225. The summed E-state index contributed by atoms with van der Waals surface area (Å²) in [5, 5.41) is 8.15. The number of rotatable bonds is 5. The second kappa shape index (κ2) is 11.5. The van der Waals surface area contributed by atoms with Gasteiger partial charge in [-0.05, 0) is 0 Å². The van der Waals surface area contributed by atoms with E-state index >= 15 is 0 Å². The van der Waals surface area contributed by atoms with Crippen molar-refractivity contribution >= 4 is 52.6 Å². The van der Waals surface area contributed by atoms with E-state index < -0.39 is 18.1 Å². The topological polar surface area (TPSA) is 137 Å². The van der Waals surface area contributed by atoms with Crippen molar-refractivity contribution in [1.82, 2.24) is 10.3 Å². The number of aromatic nitrogens is 2. The average molecular weight is 599 g/mol. The van der Waals surface area contributed by atoms with Gasteiger partial charge in [0.25, 0.3) is 11.8 Å². The molecule has 12 nitrogen and oxygen atoms in total. The predicted octanol–water partition coefficient (Wildman–Crippen LogP) is 4.72. The lowest BCUT2D eigenvalue weighted by molar-refractivity contribution is -0.144. The summed E-state index contributed by atoms with van der Waals surface area (Å²) in [4.78, 5) is 38.2. The first-order chi connectivity index (χ1) is 18.5. The number of anilines is 2. The summed E-state index contributed by atoms with van der Waals surface area (Å²) >= 11 is 12.0. The van der Waals surface area contributed by atoms with Gasteiger partial charge in [-0.3, -0.25) is 19.3 Å². The summed E-state index contributed by atoms with van der Waals surface area (Å²) in [6, 6.07) is 3.36. The van der Waals surface area contributed by atoms with E-state index in [4.69, 9.17) is 46.5 Å². The third-order valence-electron chi connectivity index (χ3n) is 5.75. The Kier molecular flexibility index (Phi) is 8.95. The number of hydrogen-bond donors (Lipinski definition) is 0. The highest BCUT2D eigenvalue weighted by atomic mass is 35.5. The zero-order valence-electron chi connectivity index (χ0n) is 23.7. The van der Waals surface area contributed by atoms with Crippen LogP contribution in [0.15, 0.2) is 42.8 Å². The van der Waals surface area contributed by atoms with Crippen LogP contribution < -0.4 is 9.80 Å². The Morgan fingerprint density at radius 2 is 1.40 bits per heavy atom. The molecule has 0 N–H and O–H groups in total. The third-order valence-corrected chi connectivity index (χ3v) is 6.40. The molecule has 40 heavy (non-hydrogen) atoms. The molecule has 0 aliphatic carbocycles. The second-order valence-electron chi connectivity index (χ2n) is 10.9. The number of ether oxygens (including phenoxy) is 3. The zero-order valence-corrected chi connectivity index (χ0v) is 25.3. The van der Waals surface area contributed by atoms with Crippen LogP contribution in [0.2, 0.25) is 0 Å². The Hall–Kier alpha value is -3.51. The highest BCUT2D eigenvalue weighted by Crippen LogP contribution is 2.36. The van der Waals surface area contributed by atoms with Gasteiger partial charge in [-0.1, -0.05) is 75.1 Å². The van der Waals surface area contributed by atoms with E-state index in [0.717, 1.165) is 4.90 Å². The van der Waals surface area contributed by atoms with E-state index in [-0.39, 0.29) is 45.7 Å². The molecule has 1 atom stereocenters. The van der Waals surface area contributed by atoms with Crippen LogP contribution in [0.1, 0.15) is 60.0 Å². The maximum absolute atomic E-state index is 12.4. The minimum Gasteiger partial charge on any atom is -0.490 e. The van der Waals surface area contributed by atoms with Crippen LogP contribution in [-0.2, 0) is 39.4 Å². The van der Waals surface area contributed by atoms with E-state index in [1.165, 1.54) is 26.0 Å². The van der Waals surface area contributed by atoms with Crippen molar-refractivity contribution in [2.45, 2.75) is 65.5 Å². The molecule has 0 saturated heterocycles. The molecule has 2 aliphatic rings. The second-order valence-corrected chi connectivity index (χ2v) is 11.8. The quantitative estimate of drug-likeness (QED) is 0.444. The van der Waals surface area contributed by atoms with Gasteiger partial charge in [-0.15, -0.1) is 0 Å². The first-order valence-corrected chi connectivity index (χ1v) is 12.9. The number of halogens is 2. The van der Waals surface area contributed by atoms with E-state index in [0.29, 0.717) is 22.4 Å². The first kappa shape index (κ1) is 31.0. The molecule has 0 aromatic carbocycles. The summed E-state index contributed by atoms with van der Waals surface area (Å²) in [6.45, 7) is 13.3. The zero-order chi connectivity index (χ0) is 30.2. The van der Waals surface area contributed by atoms with Crippen LogP contribution in [0, 0.1) is 0 Å². The van der Waals surface area contributed by atoms with E-state index in [1.807, 2.05) is 41.5 Å². The van der Waals surface area contributed by atoms with Gasteiger partial charge in [-0.2, -0.15) is 0 Å². The Labute approximate surface area is 241 Å². The van der Waals surface area contributed by atoms with Crippen LogP contribution in [-0.4, -0.2) is 55.1 Å². The molecule has 14 heteroatoms. The van der Waals surface area contributed by atoms with Gasteiger partial charge in [0, 0.05) is 29.9 Å². The van der Waals surface area contributed by atoms with Crippen LogP contribution in [0.25, 0.3) is 0 Å². The highest BCUT2D eigenvalue weighted by molar-refractivity contribution is 6.35. The van der Waals surface area contributed by atoms with Crippen LogP contribution in [0.5, 0.6) is 0 Å². The van der Waals surface area contributed by atoms with Gasteiger partial charge in [0.05, 0.1) is 25.8 Å². The fourth-order valence-electron chi connectivity index (χ4n) is 3.60. The van der Waals surface area contributed by atoms with Crippen LogP contribution in [0.3, 0.4) is 0 Å². The SMILES string of the molecule is COC1=C(Cl)C(OC(C)=O)N(c2cc(C(C)(C)C)on2)C1=O.COC1=C(Cl)CN(c2cc(C(C)(C)C)on2)C1=O. The molecule has 0 radical (unpaired) electrons. The molecule has 2 aromatic rings. The lowest BCUT2D eigenvalue weighted by Crippen LogP contribution is -2.38. The molecule has 0 fully saturated rings. The summed E-state index contributed by atoms with van der Waals surface area (Å²) in [5.41, 5.74) is -0.443. The summed E-state index contributed by atoms with van der Waals surface area (Å²) in [5.74, 6) is 0.597. The van der Waals surface area contributed by atoms with Gasteiger partial charge in [0.1, 0.15) is 16.6 Å². The summed E-state index contributed by atoms with van der Waals surface area (Å²) in [7, 11) is 2.73. The number of carbonyl (C=O) groups is 3. The standard InChI is InChI=1S/C14H17ClN2O5.C12H15ClN2O3/c1-7(18)21-13-10(15)11(20-5)12(19)17(13)9-6-8(22-16-9)14(2,3)4;1-12(2,3)8-5-9(14-18-8)15-6-7(13)10(17-4)11(15)16/h6,13H,1-5H3;5H,6H2,1-4H3. The normalized spacial score (nSPS) is 17.9. The van der Waals surface area contributed by atoms with Crippen molar-refractivity contribution in [3.63, 3.8) is 0 Å². The van der Waals surface area contributed by atoms with Gasteiger partial charge < -0.3 is 23.3 Å². The third kappa shape index (κ3) is 6.28. The summed E-state index contributed by atoms with van der Waals surface area (Å²) in [6.07, 6.45) is -1.11. The highest BCUT2D eigenvalue weighted by Gasteiger charge is 2.45. The molecule has 218 valence electrons. The van der Waals surface area contributed by atoms with Crippen molar-refractivity contribution in [1.29, 1.82) is 0 Å². The lowest BCUT2D eigenvalue weighted by atomic mass is 9.93. The molecule has 0 spiro atoms. The Bertz CT molecular complexity index is 1360. The Morgan fingerprint density at radius 1 is 0.900 bits per heavy atom. The monoisotopic (exact) mass is 598 g/mol. The minimum atomic E-state index is -1.11. The van der Waals surface area contributed by atoms with Crippen molar-refractivity contribution in [3.05, 3.63) is 45.2 Å². The lowest BCUT2D eigenvalue weighted by Gasteiger charge is -2.21. The molecule has 1 unspecified atom stereocenters. The van der Waals surface area contributed by atoms with Crippen LogP contribution >= 0.6 is 23.2 Å². The van der Waals surface area contributed by atoms with Gasteiger partial charge >= 0.3 is 5.97 Å². The van der Waals surface area contributed by atoms with Gasteiger partial charge in [-0.25, -0.2) is 4.90 Å². The molecular formula is C26H32Cl2N4O8. The first-order valence-electron chi connectivity index (χ1n) is 12.1. The van der Waals surface area contributed by atoms with Crippen LogP contribution in [0.4, 0.5) is 11.6 Å². The number of methoxy groups -OCH3 is 2. The molecular weight excluding hydrogens is 567 g/mol. The number of nitrogens with zero attached hydrogens (tertiary/aromatic N) is 4. The fourth-order valence-corrected chi connectivity index (χ4v) is 4.18. The number of carbonyl (C=O) groups excluding carboxylic acids is 3. The van der Waals surface area contributed by atoms with Gasteiger partial charge in [0.2, 0.25) is 17.7 Å². The largest absolute Gasteiger partial charge is 0.490 e. The van der Waals surface area contributed by atoms with E-state index in [2.05, 4.69) is 10.3 Å². The smallest absolute Gasteiger partial charge is 0.304 e. The molecule has 2 amide bonds. The predicted molar refractivity (Wildman–Crippen MR) is 146 cm³/mol. The molecule has 2 aromatic heterocycles. The molecule has 4 heterocycles. The number of esters is 1. The van der Waals surface area contributed by atoms with E-state index in [9.17, 15) is 14.4 Å². The molecule has 0 saturated carbocycles. The molecule has 2 aliphatic heterocycles. The van der Waals surface area contributed by atoms with Crippen molar-refractivity contribution in [2.75, 3.05) is 30.6 Å². The molecule has 0 bridgehead atoms. The van der Waals surface area contributed by atoms with Gasteiger partial charge in [0.15, 0.2) is 11.6 Å². The maximum Gasteiger partial charge on any atom is 0.304 e. The van der Waals surface area contributed by atoms with Crippen molar-refractivity contribution < 1.29 is 37.6 Å².